The van der Waals surface area contributed by atoms with Crippen molar-refractivity contribution in [1.29, 1.82) is 0 Å². The Labute approximate surface area is 179 Å². The van der Waals surface area contributed by atoms with Crippen LogP contribution < -0.4 is 4.74 Å². The second-order valence-electron chi connectivity index (χ2n) is 7.54. The predicted octanol–water partition coefficient (Wildman–Crippen LogP) is 5.04. The standard InChI is InChI=1S/C23H25F3N2O3/c1-3-4-5-7-16-10-12-18(13-11-16)22(30)15-20(23(24,25)26)27-28(22)21(29)17-8-6-9-19(14-17)31-2/h6,8-14,30H,3-5,7,15H2,1-2H3/t22-/m0/s1. The normalized spacial score (nSPS) is 18.8. The number of hydrazone groups is 1. The van der Waals surface area contributed by atoms with Gasteiger partial charge in [-0.2, -0.15) is 23.3 Å². The SMILES string of the molecule is CCCCCc1ccc([C@@]2(O)CC(C(F)(F)F)=NN2C(=O)c2cccc(OC)c2)cc1. The van der Waals surface area contributed by atoms with Crippen molar-refractivity contribution in [3.63, 3.8) is 0 Å². The molecular formula is C23H25F3N2O3. The van der Waals surface area contributed by atoms with Crippen LogP contribution in [0.5, 0.6) is 5.75 Å². The van der Waals surface area contributed by atoms with E-state index in [0.717, 1.165) is 31.2 Å². The van der Waals surface area contributed by atoms with Crippen molar-refractivity contribution in [2.75, 3.05) is 7.11 Å². The fourth-order valence-electron chi connectivity index (χ4n) is 3.54. The number of hydrogen-bond acceptors (Lipinski definition) is 4. The molecule has 0 saturated heterocycles. The van der Waals surface area contributed by atoms with Crippen molar-refractivity contribution in [3.05, 3.63) is 65.2 Å². The van der Waals surface area contributed by atoms with E-state index in [1.807, 2.05) is 0 Å². The molecule has 8 heteroatoms. The van der Waals surface area contributed by atoms with E-state index in [2.05, 4.69) is 12.0 Å². The van der Waals surface area contributed by atoms with E-state index in [-0.39, 0.29) is 11.1 Å². The molecule has 2 aromatic carbocycles. The molecule has 0 fully saturated rings. The molecule has 1 heterocycles. The average Bonchev–Trinajstić information content (AvgIpc) is 3.13. The lowest BCUT2D eigenvalue weighted by Crippen LogP contribution is -2.43. The first-order chi connectivity index (χ1) is 14.7. The van der Waals surface area contributed by atoms with E-state index in [9.17, 15) is 23.1 Å². The largest absolute Gasteiger partial charge is 0.497 e. The Morgan fingerprint density at radius 2 is 1.90 bits per heavy atom. The van der Waals surface area contributed by atoms with Gasteiger partial charge in [0.15, 0.2) is 5.72 Å². The van der Waals surface area contributed by atoms with Crippen molar-refractivity contribution in [2.45, 2.75) is 50.9 Å². The van der Waals surface area contributed by atoms with Crippen LogP contribution in [-0.2, 0) is 12.1 Å². The number of nitrogens with zero attached hydrogens (tertiary/aromatic N) is 2. The third-order valence-electron chi connectivity index (χ3n) is 5.31. The summed E-state index contributed by atoms with van der Waals surface area (Å²) in [5.74, 6) is -0.488. The summed E-state index contributed by atoms with van der Waals surface area (Å²) < 4.78 is 45.3. The number of rotatable bonds is 7. The molecule has 0 bridgehead atoms. The molecule has 0 aliphatic carbocycles. The molecular weight excluding hydrogens is 409 g/mol. The van der Waals surface area contributed by atoms with Gasteiger partial charge in [0.2, 0.25) is 0 Å². The summed E-state index contributed by atoms with van der Waals surface area (Å²) in [4.78, 5) is 13.1. The highest BCUT2D eigenvalue weighted by molar-refractivity contribution is 6.00. The Morgan fingerprint density at radius 3 is 2.52 bits per heavy atom. The van der Waals surface area contributed by atoms with E-state index in [4.69, 9.17) is 4.74 Å². The number of ether oxygens (including phenoxy) is 1. The Balaban J connectivity index is 1.95. The van der Waals surface area contributed by atoms with Crippen LogP contribution in [-0.4, -0.2) is 35.0 Å². The maximum Gasteiger partial charge on any atom is 0.431 e. The molecule has 1 N–H and O–H groups in total. The number of methoxy groups -OCH3 is 1. The second kappa shape index (κ2) is 9.09. The number of aliphatic hydroxyl groups is 1. The molecule has 0 radical (unpaired) electrons. The van der Waals surface area contributed by atoms with Gasteiger partial charge in [0.05, 0.1) is 13.5 Å². The molecule has 1 atom stereocenters. The highest BCUT2D eigenvalue weighted by atomic mass is 19.4. The van der Waals surface area contributed by atoms with E-state index < -0.39 is 29.9 Å². The summed E-state index contributed by atoms with van der Waals surface area (Å²) in [7, 11) is 1.41. The molecule has 166 valence electrons. The number of carbonyl (C=O) groups is 1. The number of carbonyl (C=O) groups excluding carboxylic acids is 1. The van der Waals surface area contributed by atoms with Gasteiger partial charge in [-0.15, -0.1) is 0 Å². The average molecular weight is 434 g/mol. The molecule has 3 rings (SSSR count). The maximum absolute atomic E-state index is 13.4. The van der Waals surface area contributed by atoms with Crippen molar-refractivity contribution in [1.82, 2.24) is 5.01 Å². The maximum atomic E-state index is 13.4. The predicted molar refractivity (Wildman–Crippen MR) is 111 cm³/mol. The van der Waals surface area contributed by atoms with Crippen LogP contribution in [0.15, 0.2) is 53.6 Å². The molecule has 5 nitrogen and oxygen atoms in total. The molecule has 0 saturated carbocycles. The Bertz CT molecular complexity index is 957. The number of amides is 1. The zero-order valence-electron chi connectivity index (χ0n) is 17.4. The Morgan fingerprint density at radius 1 is 1.19 bits per heavy atom. The molecule has 1 aliphatic heterocycles. The van der Waals surface area contributed by atoms with E-state index in [1.54, 1.807) is 36.4 Å². The molecule has 1 amide bonds. The van der Waals surface area contributed by atoms with Crippen molar-refractivity contribution in [2.24, 2.45) is 5.10 Å². The number of aryl methyl sites for hydroxylation is 1. The number of halogens is 3. The van der Waals surface area contributed by atoms with Gasteiger partial charge < -0.3 is 9.84 Å². The Kier molecular flexibility index (Phi) is 6.69. The van der Waals surface area contributed by atoms with E-state index >= 15 is 0 Å². The third kappa shape index (κ3) is 4.90. The summed E-state index contributed by atoms with van der Waals surface area (Å²) >= 11 is 0. The van der Waals surface area contributed by atoms with Gasteiger partial charge in [-0.05, 0) is 36.6 Å². The van der Waals surface area contributed by atoms with E-state index in [1.165, 1.54) is 19.2 Å². The topological polar surface area (TPSA) is 62.1 Å². The van der Waals surface area contributed by atoms with Crippen LogP contribution in [0.25, 0.3) is 0 Å². The molecule has 0 spiro atoms. The molecule has 1 aliphatic rings. The van der Waals surface area contributed by atoms with Crippen LogP contribution in [0, 0.1) is 0 Å². The minimum Gasteiger partial charge on any atom is -0.497 e. The molecule has 2 aromatic rings. The van der Waals surface area contributed by atoms with Gasteiger partial charge in [0.25, 0.3) is 5.91 Å². The number of benzene rings is 2. The van der Waals surface area contributed by atoms with Crippen LogP contribution in [0.2, 0.25) is 0 Å². The first-order valence-electron chi connectivity index (χ1n) is 10.1. The monoisotopic (exact) mass is 434 g/mol. The quantitative estimate of drug-likeness (QED) is 0.622. The summed E-state index contributed by atoms with van der Waals surface area (Å²) in [5, 5.41) is 15.3. The highest BCUT2D eigenvalue weighted by Gasteiger charge is 2.53. The van der Waals surface area contributed by atoms with E-state index in [0.29, 0.717) is 10.8 Å². The van der Waals surface area contributed by atoms with Gasteiger partial charge >= 0.3 is 6.18 Å². The lowest BCUT2D eigenvalue weighted by Gasteiger charge is -2.31. The third-order valence-corrected chi connectivity index (χ3v) is 5.31. The molecule has 0 unspecified atom stereocenters. The fraction of sp³-hybridized carbons (Fsp3) is 0.391. The number of hydrogen-bond donors (Lipinski definition) is 1. The number of unbranched alkanes of at least 4 members (excludes halogenated alkanes) is 2. The number of alkyl halides is 3. The van der Waals surface area contributed by atoms with Crippen molar-refractivity contribution >= 4 is 11.6 Å². The van der Waals surface area contributed by atoms with Gasteiger partial charge in [0.1, 0.15) is 11.5 Å². The van der Waals surface area contributed by atoms with Gasteiger partial charge in [0, 0.05) is 11.1 Å². The van der Waals surface area contributed by atoms with Gasteiger partial charge in [-0.1, -0.05) is 50.1 Å². The summed E-state index contributed by atoms with van der Waals surface area (Å²) in [5.41, 5.74) is -2.21. The summed E-state index contributed by atoms with van der Waals surface area (Å²) in [6, 6.07) is 12.6. The fourth-order valence-corrected chi connectivity index (χ4v) is 3.54. The zero-order chi connectivity index (χ0) is 22.6. The summed E-state index contributed by atoms with van der Waals surface area (Å²) in [6.07, 6.45) is -1.61. The van der Waals surface area contributed by atoms with Gasteiger partial charge in [-0.3, -0.25) is 4.79 Å². The first kappa shape index (κ1) is 22.8. The van der Waals surface area contributed by atoms with Crippen LogP contribution >= 0.6 is 0 Å². The van der Waals surface area contributed by atoms with Crippen LogP contribution in [0.3, 0.4) is 0 Å². The van der Waals surface area contributed by atoms with Crippen molar-refractivity contribution in [3.8, 4) is 5.75 Å². The lowest BCUT2D eigenvalue weighted by molar-refractivity contribution is -0.0816. The van der Waals surface area contributed by atoms with Crippen LogP contribution in [0.1, 0.15) is 54.1 Å². The van der Waals surface area contributed by atoms with Gasteiger partial charge in [-0.25, -0.2) is 0 Å². The summed E-state index contributed by atoms with van der Waals surface area (Å²) in [6.45, 7) is 2.10. The second-order valence-corrected chi connectivity index (χ2v) is 7.54. The lowest BCUT2D eigenvalue weighted by atomic mass is 9.94. The smallest absolute Gasteiger partial charge is 0.431 e. The minimum atomic E-state index is -4.77. The zero-order valence-corrected chi connectivity index (χ0v) is 17.4. The minimum absolute atomic E-state index is 0.0566. The molecule has 31 heavy (non-hydrogen) atoms. The first-order valence-corrected chi connectivity index (χ1v) is 10.1. The Hall–Kier alpha value is -2.87. The highest BCUT2D eigenvalue weighted by Crippen LogP contribution is 2.40. The van der Waals surface area contributed by atoms with Crippen molar-refractivity contribution < 1.29 is 27.8 Å². The molecule has 0 aromatic heterocycles. The van der Waals surface area contributed by atoms with Crippen LogP contribution in [0.4, 0.5) is 13.2 Å².